The smallest absolute Gasteiger partial charge is 0.191 e. The number of guanidine groups is 1. The molecule has 1 heterocycles. The number of likely N-dealkylation sites (N-methyl/N-ethyl adjacent to an activating group) is 1. The summed E-state index contributed by atoms with van der Waals surface area (Å²) >= 11 is 0. The molecule has 0 aliphatic heterocycles. The van der Waals surface area contributed by atoms with Crippen molar-refractivity contribution >= 4 is 5.96 Å². The van der Waals surface area contributed by atoms with Gasteiger partial charge in [-0.25, -0.2) is 4.99 Å². The number of benzene rings is 1. The van der Waals surface area contributed by atoms with Gasteiger partial charge in [0.1, 0.15) is 11.4 Å². The highest BCUT2D eigenvalue weighted by Gasteiger charge is 2.23. The lowest BCUT2D eigenvalue weighted by Crippen LogP contribution is -2.43. The summed E-state index contributed by atoms with van der Waals surface area (Å²) in [6, 6.07) is 13.7. The third-order valence-corrected chi connectivity index (χ3v) is 4.87. The molecule has 0 bridgehead atoms. The van der Waals surface area contributed by atoms with Crippen molar-refractivity contribution in [3.8, 4) is 0 Å². The first-order chi connectivity index (χ1) is 13.5. The molecule has 0 aliphatic carbocycles. The molecule has 0 spiro atoms. The zero-order valence-corrected chi connectivity index (χ0v) is 17.5. The fraction of sp³-hybridized carbons (Fsp3) is 0.500. The maximum atomic E-state index is 10.8. The zero-order valence-electron chi connectivity index (χ0n) is 17.5. The Kier molecular flexibility index (Phi) is 8.54. The van der Waals surface area contributed by atoms with Gasteiger partial charge in [0.15, 0.2) is 5.96 Å². The number of hydrogen-bond donors (Lipinski definition) is 3. The molecule has 2 rings (SSSR count). The summed E-state index contributed by atoms with van der Waals surface area (Å²) < 4.78 is 5.66. The number of nitrogens with zero attached hydrogens (tertiary/aromatic N) is 2. The molecule has 0 radical (unpaired) electrons. The van der Waals surface area contributed by atoms with Crippen LogP contribution in [0.3, 0.4) is 0 Å². The van der Waals surface area contributed by atoms with Crippen LogP contribution in [0.2, 0.25) is 0 Å². The summed E-state index contributed by atoms with van der Waals surface area (Å²) in [5.41, 5.74) is -0.172. The first-order valence-corrected chi connectivity index (χ1v) is 10.1. The lowest BCUT2D eigenvalue weighted by Gasteiger charge is -2.29. The van der Waals surface area contributed by atoms with Crippen LogP contribution in [0.4, 0.5) is 0 Å². The van der Waals surface area contributed by atoms with Crippen LogP contribution in [0.15, 0.2) is 58.1 Å². The quantitative estimate of drug-likeness (QED) is 0.432. The highest BCUT2D eigenvalue weighted by atomic mass is 16.3. The van der Waals surface area contributed by atoms with Gasteiger partial charge in [0.05, 0.1) is 18.8 Å². The average molecular weight is 387 g/mol. The SMILES string of the molecule is CCNC(=NCC(C)(O)c1ccccc1)NCC(c1ccco1)N(CC)CC. The van der Waals surface area contributed by atoms with Gasteiger partial charge in [0.2, 0.25) is 0 Å². The Morgan fingerprint density at radius 3 is 2.39 bits per heavy atom. The summed E-state index contributed by atoms with van der Waals surface area (Å²) in [4.78, 5) is 6.96. The molecule has 28 heavy (non-hydrogen) atoms. The molecular formula is C22H34N4O2. The van der Waals surface area contributed by atoms with E-state index < -0.39 is 5.60 Å². The van der Waals surface area contributed by atoms with Gasteiger partial charge in [-0.1, -0.05) is 44.2 Å². The van der Waals surface area contributed by atoms with Crippen LogP contribution in [0.25, 0.3) is 0 Å². The third kappa shape index (κ3) is 6.11. The highest BCUT2D eigenvalue weighted by Crippen LogP contribution is 2.21. The van der Waals surface area contributed by atoms with Gasteiger partial charge in [0.25, 0.3) is 0 Å². The molecule has 0 saturated carbocycles. The predicted molar refractivity (Wildman–Crippen MR) is 114 cm³/mol. The van der Waals surface area contributed by atoms with Crippen LogP contribution < -0.4 is 10.6 Å². The topological polar surface area (TPSA) is 73.0 Å². The Hall–Kier alpha value is -2.31. The van der Waals surface area contributed by atoms with Crippen molar-refractivity contribution in [1.82, 2.24) is 15.5 Å². The Morgan fingerprint density at radius 1 is 1.11 bits per heavy atom. The molecule has 154 valence electrons. The van der Waals surface area contributed by atoms with Gasteiger partial charge in [-0.05, 0) is 44.6 Å². The molecule has 0 saturated heterocycles. The van der Waals surface area contributed by atoms with Crippen molar-refractivity contribution in [1.29, 1.82) is 0 Å². The van der Waals surface area contributed by atoms with Crippen molar-refractivity contribution in [2.45, 2.75) is 39.3 Å². The normalized spacial score (nSPS) is 15.3. The maximum absolute atomic E-state index is 10.8. The Morgan fingerprint density at radius 2 is 1.82 bits per heavy atom. The average Bonchev–Trinajstić information content (AvgIpc) is 3.24. The van der Waals surface area contributed by atoms with E-state index in [4.69, 9.17) is 4.42 Å². The van der Waals surface area contributed by atoms with Crippen LogP contribution in [0.5, 0.6) is 0 Å². The van der Waals surface area contributed by atoms with Crippen molar-refractivity contribution in [2.75, 3.05) is 32.7 Å². The molecule has 0 amide bonds. The molecule has 1 aromatic heterocycles. The van der Waals surface area contributed by atoms with Crippen LogP contribution in [-0.4, -0.2) is 48.7 Å². The van der Waals surface area contributed by atoms with Gasteiger partial charge >= 0.3 is 0 Å². The van der Waals surface area contributed by atoms with Crippen LogP contribution in [0.1, 0.15) is 45.1 Å². The van der Waals surface area contributed by atoms with Crippen LogP contribution >= 0.6 is 0 Å². The standard InChI is InChI=1S/C22H34N4O2/c1-5-23-21(25-17-22(4,27)18-12-9-8-10-13-18)24-16-19(26(6-2)7-3)20-14-11-15-28-20/h8-15,19,27H,5-7,16-17H2,1-4H3,(H2,23,24,25). The second-order valence-corrected chi connectivity index (χ2v) is 6.97. The number of aliphatic hydroxyl groups is 1. The number of rotatable bonds is 10. The second-order valence-electron chi connectivity index (χ2n) is 6.97. The van der Waals surface area contributed by atoms with Crippen LogP contribution in [-0.2, 0) is 5.60 Å². The lowest BCUT2D eigenvalue weighted by molar-refractivity contribution is 0.0672. The molecule has 0 fully saturated rings. The first-order valence-electron chi connectivity index (χ1n) is 10.1. The van der Waals surface area contributed by atoms with E-state index in [1.165, 1.54) is 0 Å². The minimum atomic E-state index is -1.02. The molecular weight excluding hydrogens is 352 g/mol. The summed E-state index contributed by atoms with van der Waals surface area (Å²) in [6.45, 7) is 11.6. The first kappa shape index (κ1) is 22.0. The third-order valence-electron chi connectivity index (χ3n) is 4.87. The van der Waals surface area contributed by atoms with E-state index in [0.29, 0.717) is 12.5 Å². The van der Waals surface area contributed by atoms with E-state index in [1.54, 1.807) is 13.2 Å². The zero-order chi connectivity index (χ0) is 20.4. The summed E-state index contributed by atoms with van der Waals surface area (Å²) in [6.07, 6.45) is 1.71. The number of furan rings is 1. The van der Waals surface area contributed by atoms with E-state index in [9.17, 15) is 5.11 Å². The second kappa shape index (κ2) is 10.9. The largest absolute Gasteiger partial charge is 0.468 e. The Bertz CT molecular complexity index is 695. The number of nitrogens with one attached hydrogen (secondary N) is 2. The van der Waals surface area contributed by atoms with E-state index in [-0.39, 0.29) is 12.6 Å². The summed E-state index contributed by atoms with van der Waals surface area (Å²) in [5, 5.41) is 17.5. The number of aliphatic imine (C=N–C) groups is 1. The van der Waals surface area contributed by atoms with Crippen molar-refractivity contribution in [2.24, 2.45) is 4.99 Å². The number of hydrogen-bond acceptors (Lipinski definition) is 4. The summed E-state index contributed by atoms with van der Waals surface area (Å²) in [7, 11) is 0. The van der Waals surface area contributed by atoms with E-state index in [2.05, 4.69) is 34.4 Å². The van der Waals surface area contributed by atoms with Gasteiger partial charge in [0, 0.05) is 13.1 Å². The Balaban J connectivity index is 2.09. The van der Waals surface area contributed by atoms with Crippen molar-refractivity contribution in [3.05, 3.63) is 60.1 Å². The molecule has 0 aliphatic rings. The Labute approximate surface area is 168 Å². The minimum Gasteiger partial charge on any atom is -0.468 e. The maximum Gasteiger partial charge on any atom is 0.191 e. The van der Waals surface area contributed by atoms with E-state index >= 15 is 0 Å². The van der Waals surface area contributed by atoms with Gasteiger partial charge in [-0.2, -0.15) is 0 Å². The fourth-order valence-corrected chi connectivity index (χ4v) is 3.21. The van der Waals surface area contributed by atoms with E-state index in [0.717, 1.165) is 31.0 Å². The van der Waals surface area contributed by atoms with Gasteiger partial charge < -0.3 is 20.2 Å². The fourth-order valence-electron chi connectivity index (χ4n) is 3.21. The van der Waals surface area contributed by atoms with Crippen LogP contribution in [0, 0.1) is 0 Å². The van der Waals surface area contributed by atoms with Gasteiger partial charge in [-0.3, -0.25) is 4.90 Å². The molecule has 2 unspecified atom stereocenters. The van der Waals surface area contributed by atoms with Crippen molar-refractivity contribution < 1.29 is 9.52 Å². The van der Waals surface area contributed by atoms with Crippen molar-refractivity contribution in [3.63, 3.8) is 0 Å². The predicted octanol–water partition coefficient (Wildman–Crippen LogP) is 3.13. The lowest BCUT2D eigenvalue weighted by atomic mass is 9.96. The minimum absolute atomic E-state index is 0.114. The van der Waals surface area contributed by atoms with E-state index in [1.807, 2.05) is 49.4 Å². The molecule has 3 N–H and O–H groups in total. The van der Waals surface area contributed by atoms with Gasteiger partial charge in [-0.15, -0.1) is 0 Å². The molecule has 6 nitrogen and oxygen atoms in total. The highest BCUT2D eigenvalue weighted by molar-refractivity contribution is 5.79. The summed E-state index contributed by atoms with van der Waals surface area (Å²) in [5.74, 6) is 1.62. The molecule has 2 aromatic rings. The molecule has 6 heteroatoms. The molecule has 1 aromatic carbocycles. The molecule has 2 atom stereocenters. The monoisotopic (exact) mass is 386 g/mol.